The average Bonchev–Trinajstić information content (AvgIpc) is 2.57. The molecule has 22 heavy (non-hydrogen) atoms. The van der Waals surface area contributed by atoms with Crippen LogP contribution in [0.2, 0.25) is 0 Å². The first kappa shape index (κ1) is 17.9. The third-order valence-electron chi connectivity index (χ3n) is 2.95. The minimum absolute atomic E-state index is 0.509. The summed E-state index contributed by atoms with van der Waals surface area (Å²) in [4.78, 5) is 8.28. The zero-order valence-electron chi connectivity index (χ0n) is 13.4. The van der Waals surface area contributed by atoms with Crippen molar-refractivity contribution in [3.05, 3.63) is 17.7 Å². The number of rotatable bonds is 9. The Morgan fingerprint density at radius 3 is 2.45 bits per heavy atom. The van der Waals surface area contributed by atoms with Crippen LogP contribution in [0.3, 0.4) is 0 Å². The van der Waals surface area contributed by atoms with Crippen LogP contribution in [0.1, 0.15) is 5.56 Å². The highest BCUT2D eigenvalue weighted by molar-refractivity contribution is 6.03. The van der Waals surface area contributed by atoms with E-state index < -0.39 is 0 Å². The Bertz CT molecular complexity index is 518. The lowest BCUT2D eigenvalue weighted by atomic mass is 10.1. The van der Waals surface area contributed by atoms with Gasteiger partial charge in [0.2, 0.25) is 0 Å². The van der Waals surface area contributed by atoms with E-state index in [2.05, 4.69) is 22.0 Å². The fourth-order valence-corrected chi connectivity index (χ4v) is 1.91. The molecule has 1 aromatic rings. The Kier molecular flexibility index (Phi) is 7.95. The first-order chi connectivity index (χ1) is 10.7. The van der Waals surface area contributed by atoms with Crippen molar-refractivity contribution in [1.29, 1.82) is 0 Å². The second-order valence-electron chi connectivity index (χ2n) is 4.28. The van der Waals surface area contributed by atoms with Gasteiger partial charge in [0.15, 0.2) is 11.5 Å². The normalized spacial score (nSPS) is 11.2. The SMILES string of the molecule is C=Nc1cc(OC)c(OC)cc1/C(=N\C)NCCOCCN. The highest BCUT2D eigenvalue weighted by Crippen LogP contribution is 2.34. The zero-order chi connectivity index (χ0) is 16.4. The molecule has 0 unspecified atom stereocenters. The molecule has 0 aromatic heterocycles. The van der Waals surface area contributed by atoms with Crippen LogP contribution in [0.15, 0.2) is 22.1 Å². The summed E-state index contributed by atoms with van der Waals surface area (Å²) < 4.78 is 15.9. The van der Waals surface area contributed by atoms with Crippen LogP contribution >= 0.6 is 0 Å². The standard InChI is InChI=1S/C15H24N4O3/c1-17-12-10-14(21-4)13(20-3)9-11(12)15(18-2)19-6-8-22-7-5-16/h9-10H,1,5-8,16H2,2-4H3,(H,18,19). The van der Waals surface area contributed by atoms with E-state index in [9.17, 15) is 0 Å². The van der Waals surface area contributed by atoms with E-state index in [0.29, 0.717) is 49.3 Å². The minimum atomic E-state index is 0.509. The third-order valence-corrected chi connectivity index (χ3v) is 2.95. The molecule has 0 fully saturated rings. The average molecular weight is 308 g/mol. The predicted molar refractivity (Wildman–Crippen MR) is 89.1 cm³/mol. The number of benzene rings is 1. The summed E-state index contributed by atoms with van der Waals surface area (Å²) in [5.41, 5.74) is 6.82. The van der Waals surface area contributed by atoms with Gasteiger partial charge in [0.05, 0.1) is 33.1 Å². The van der Waals surface area contributed by atoms with Crippen LogP contribution in [0, 0.1) is 0 Å². The van der Waals surface area contributed by atoms with Gasteiger partial charge in [0.1, 0.15) is 5.84 Å². The molecule has 0 aliphatic rings. The molecule has 0 aliphatic carbocycles. The van der Waals surface area contributed by atoms with Gasteiger partial charge in [-0.15, -0.1) is 0 Å². The topological polar surface area (TPSA) is 90.5 Å². The number of methoxy groups -OCH3 is 2. The largest absolute Gasteiger partial charge is 0.493 e. The smallest absolute Gasteiger partial charge is 0.162 e. The van der Waals surface area contributed by atoms with Gasteiger partial charge in [-0.25, -0.2) is 0 Å². The van der Waals surface area contributed by atoms with E-state index in [1.165, 1.54) is 0 Å². The van der Waals surface area contributed by atoms with Crippen LogP contribution in [0.5, 0.6) is 11.5 Å². The van der Waals surface area contributed by atoms with E-state index in [4.69, 9.17) is 19.9 Å². The highest BCUT2D eigenvalue weighted by atomic mass is 16.5. The second kappa shape index (κ2) is 9.75. The number of ether oxygens (including phenoxy) is 3. The molecule has 0 saturated carbocycles. The predicted octanol–water partition coefficient (Wildman–Crippen LogP) is 0.977. The lowest BCUT2D eigenvalue weighted by molar-refractivity contribution is 0.146. The summed E-state index contributed by atoms with van der Waals surface area (Å²) in [6, 6.07) is 3.58. The molecule has 7 nitrogen and oxygen atoms in total. The molecule has 0 atom stereocenters. The summed E-state index contributed by atoms with van der Waals surface area (Å²) in [6.07, 6.45) is 0. The summed E-state index contributed by atoms with van der Waals surface area (Å²) in [5.74, 6) is 1.88. The van der Waals surface area contributed by atoms with Gasteiger partial charge in [-0.3, -0.25) is 9.98 Å². The third kappa shape index (κ3) is 4.71. The lowest BCUT2D eigenvalue weighted by Gasteiger charge is -2.15. The number of amidine groups is 1. The number of nitrogens with zero attached hydrogens (tertiary/aromatic N) is 2. The monoisotopic (exact) mass is 308 g/mol. The lowest BCUT2D eigenvalue weighted by Crippen LogP contribution is -2.29. The van der Waals surface area contributed by atoms with Gasteiger partial charge in [-0.1, -0.05) is 0 Å². The van der Waals surface area contributed by atoms with Gasteiger partial charge in [-0.2, -0.15) is 0 Å². The van der Waals surface area contributed by atoms with Gasteiger partial charge in [0, 0.05) is 31.8 Å². The van der Waals surface area contributed by atoms with E-state index in [1.807, 2.05) is 6.07 Å². The van der Waals surface area contributed by atoms with Crippen molar-refractivity contribution >= 4 is 18.2 Å². The van der Waals surface area contributed by atoms with Crippen molar-refractivity contribution in [3.63, 3.8) is 0 Å². The van der Waals surface area contributed by atoms with Crippen LogP contribution in [-0.4, -0.2) is 60.1 Å². The van der Waals surface area contributed by atoms with Crippen LogP contribution in [0.4, 0.5) is 5.69 Å². The van der Waals surface area contributed by atoms with E-state index in [1.54, 1.807) is 27.3 Å². The number of hydrogen-bond donors (Lipinski definition) is 2. The van der Waals surface area contributed by atoms with Gasteiger partial charge >= 0.3 is 0 Å². The second-order valence-corrected chi connectivity index (χ2v) is 4.28. The Morgan fingerprint density at radius 2 is 1.91 bits per heavy atom. The van der Waals surface area contributed by atoms with Crippen molar-refractivity contribution in [2.75, 3.05) is 47.6 Å². The molecule has 0 radical (unpaired) electrons. The molecule has 0 saturated heterocycles. The Morgan fingerprint density at radius 1 is 1.23 bits per heavy atom. The van der Waals surface area contributed by atoms with Crippen LogP contribution < -0.4 is 20.5 Å². The number of nitrogens with one attached hydrogen (secondary N) is 1. The fourth-order valence-electron chi connectivity index (χ4n) is 1.91. The quantitative estimate of drug-likeness (QED) is 0.403. The molecule has 1 aromatic carbocycles. The molecule has 0 spiro atoms. The van der Waals surface area contributed by atoms with E-state index in [-0.39, 0.29) is 0 Å². The molecule has 122 valence electrons. The van der Waals surface area contributed by atoms with Crippen molar-refractivity contribution in [1.82, 2.24) is 5.32 Å². The minimum Gasteiger partial charge on any atom is -0.493 e. The summed E-state index contributed by atoms with van der Waals surface area (Å²) in [5, 5.41) is 3.21. The summed E-state index contributed by atoms with van der Waals surface area (Å²) in [6.45, 7) is 5.79. The Hall–Kier alpha value is -2.12. The van der Waals surface area contributed by atoms with E-state index >= 15 is 0 Å². The van der Waals surface area contributed by atoms with Gasteiger partial charge in [-0.05, 0) is 12.8 Å². The molecule has 0 heterocycles. The van der Waals surface area contributed by atoms with E-state index in [0.717, 1.165) is 5.56 Å². The van der Waals surface area contributed by atoms with Gasteiger partial charge in [0.25, 0.3) is 0 Å². The Balaban J connectivity index is 2.93. The highest BCUT2D eigenvalue weighted by Gasteiger charge is 2.14. The van der Waals surface area contributed by atoms with Crippen LogP contribution in [0.25, 0.3) is 0 Å². The number of aliphatic imine (C=N–C) groups is 2. The maximum Gasteiger partial charge on any atom is 0.162 e. The Labute approximate surface area is 131 Å². The number of hydrogen-bond acceptors (Lipinski definition) is 6. The molecule has 0 bridgehead atoms. The molecule has 0 amide bonds. The maximum absolute atomic E-state index is 5.37. The first-order valence-corrected chi connectivity index (χ1v) is 6.93. The number of nitrogens with two attached hydrogens (primary N) is 1. The molecule has 3 N–H and O–H groups in total. The maximum atomic E-state index is 5.37. The summed E-state index contributed by atoms with van der Waals surface area (Å²) >= 11 is 0. The molecule has 1 rings (SSSR count). The molecule has 0 aliphatic heterocycles. The fraction of sp³-hybridized carbons (Fsp3) is 0.467. The van der Waals surface area contributed by atoms with Crippen molar-refractivity contribution in [2.24, 2.45) is 15.7 Å². The van der Waals surface area contributed by atoms with Crippen molar-refractivity contribution in [3.8, 4) is 11.5 Å². The molecule has 7 heteroatoms. The first-order valence-electron chi connectivity index (χ1n) is 6.93. The summed E-state index contributed by atoms with van der Waals surface area (Å²) in [7, 11) is 4.86. The van der Waals surface area contributed by atoms with Crippen molar-refractivity contribution in [2.45, 2.75) is 0 Å². The van der Waals surface area contributed by atoms with Crippen LogP contribution in [-0.2, 0) is 4.74 Å². The zero-order valence-corrected chi connectivity index (χ0v) is 13.4. The molecular formula is C15H24N4O3. The van der Waals surface area contributed by atoms with Crippen molar-refractivity contribution < 1.29 is 14.2 Å². The molecular weight excluding hydrogens is 284 g/mol. The van der Waals surface area contributed by atoms with Gasteiger partial charge < -0.3 is 25.3 Å².